The Morgan fingerprint density at radius 3 is 2.64 bits per heavy atom. The lowest BCUT2D eigenvalue weighted by Crippen LogP contribution is -2.20. The molecule has 0 saturated heterocycles. The average molecular weight is 193 g/mol. The second-order valence-corrected chi connectivity index (χ2v) is 3.70. The molecule has 2 N–H and O–H groups in total. The first-order chi connectivity index (χ1) is 6.65. The fraction of sp³-hybridized carbons (Fsp3) is 0.364. The van der Waals surface area contributed by atoms with Crippen molar-refractivity contribution < 1.29 is 10.0 Å². The molecule has 3 nitrogen and oxygen atoms in total. The molecule has 0 fully saturated rings. The van der Waals surface area contributed by atoms with Crippen molar-refractivity contribution in [2.45, 2.75) is 20.3 Å². The van der Waals surface area contributed by atoms with Crippen LogP contribution >= 0.6 is 0 Å². The lowest BCUT2D eigenvalue weighted by molar-refractivity contribution is 0.0705. The molecule has 0 heterocycles. The minimum Gasteiger partial charge on any atom is -0.288 e. The number of nitrogens with one attached hydrogen (secondary N) is 1. The van der Waals surface area contributed by atoms with Gasteiger partial charge in [0, 0.05) is 5.56 Å². The summed E-state index contributed by atoms with van der Waals surface area (Å²) < 4.78 is 0. The molecule has 76 valence electrons. The van der Waals surface area contributed by atoms with Crippen LogP contribution in [-0.2, 0) is 6.42 Å². The van der Waals surface area contributed by atoms with Crippen LogP contribution in [0.2, 0.25) is 0 Å². The van der Waals surface area contributed by atoms with Gasteiger partial charge in [-0.25, -0.2) is 5.48 Å². The number of hydrogen-bond acceptors (Lipinski definition) is 2. The predicted molar refractivity (Wildman–Crippen MR) is 54.2 cm³/mol. The first kappa shape index (κ1) is 10.7. The van der Waals surface area contributed by atoms with Gasteiger partial charge in [0.2, 0.25) is 0 Å². The van der Waals surface area contributed by atoms with Crippen LogP contribution in [0.1, 0.15) is 29.8 Å². The highest BCUT2D eigenvalue weighted by Crippen LogP contribution is 2.13. The summed E-state index contributed by atoms with van der Waals surface area (Å²) in [4.78, 5) is 11.3. The molecule has 0 unspecified atom stereocenters. The van der Waals surface area contributed by atoms with Gasteiger partial charge in [0.25, 0.3) is 5.91 Å². The molecular weight excluding hydrogens is 178 g/mol. The van der Waals surface area contributed by atoms with Crippen LogP contribution < -0.4 is 5.48 Å². The summed E-state index contributed by atoms with van der Waals surface area (Å²) in [6.07, 6.45) is 0.837. The average Bonchev–Trinajstić information content (AvgIpc) is 2.16. The van der Waals surface area contributed by atoms with Crippen LogP contribution in [0.5, 0.6) is 0 Å². The van der Waals surface area contributed by atoms with E-state index in [2.05, 4.69) is 13.8 Å². The molecule has 0 bridgehead atoms. The van der Waals surface area contributed by atoms with Crippen molar-refractivity contribution in [1.29, 1.82) is 0 Å². The van der Waals surface area contributed by atoms with Gasteiger partial charge < -0.3 is 0 Å². The monoisotopic (exact) mass is 193 g/mol. The van der Waals surface area contributed by atoms with E-state index in [-0.39, 0.29) is 0 Å². The summed E-state index contributed by atoms with van der Waals surface area (Å²) in [5.74, 6) is 0.0453. The standard InChI is InChI=1S/C11H15NO2/c1-8(2)7-9-5-3-4-6-10(9)11(13)12-14/h3-6,8,14H,7H2,1-2H3,(H,12,13). The molecule has 0 atom stereocenters. The quantitative estimate of drug-likeness (QED) is 0.570. The summed E-state index contributed by atoms with van der Waals surface area (Å²) >= 11 is 0. The maximum Gasteiger partial charge on any atom is 0.274 e. The van der Waals surface area contributed by atoms with Crippen molar-refractivity contribution in [2.75, 3.05) is 0 Å². The van der Waals surface area contributed by atoms with Crippen LogP contribution in [-0.4, -0.2) is 11.1 Å². The van der Waals surface area contributed by atoms with Crippen molar-refractivity contribution in [2.24, 2.45) is 5.92 Å². The Kier molecular flexibility index (Phi) is 3.65. The lowest BCUT2D eigenvalue weighted by Gasteiger charge is -2.09. The number of benzene rings is 1. The molecule has 1 rings (SSSR count). The Morgan fingerprint density at radius 2 is 2.07 bits per heavy atom. The second-order valence-electron chi connectivity index (χ2n) is 3.70. The van der Waals surface area contributed by atoms with Gasteiger partial charge in [-0.1, -0.05) is 32.0 Å². The zero-order valence-electron chi connectivity index (χ0n) is 8.45. The first-order valence-corrected chi connectivity index (χ1v) is 4.67. The minimum atomic E-state index is -0.443. The topological polar surface area (TPSA) is 49.3 Å². The number of hydroxylamine groups is 1. The number of carbonyl (C=O) groups excluding carboxylic acids is 1. The van der Waals surface area contributed by atoms with E-state index >= 15 is 0 Å². The Labute approximate surface area is 83.7 Å². The summed E-state index contributed by atoms with van der Waals surface area (Å²) in [7, 11) is 0. The third-order valence-corrected chi connectivity index (χ3v) is 1.99. The van der Waals surface area contributed by atoms with Gasteiger partial charge in [0.1, 0.15) is 0 Å². The normalized spacial score (nSPS) is 10.3. The van der Waals surface area contributed by atoms with Crippen molar-refractivity contribution in [3.63, 3.8) is 0 Å². The van der Waals surface area contributed by atoms with Gasteiger partial charge in [-0.3, -0.25) is 10.0 Å². The number of rotatable bonds is 3. The van der Waals surface area contributed by atoms with Crippen molar-refractivity contribution in [3.05, 3.63) is 35.4 Å². The first-order valence-electron chi connectivity index (χ1n) is 4.67. The van der Waals surface area contributed by atoms with Gasteiger partial charge in [0.15, 0.2) is 0 Å². The third-order valence-electron chi connectivity index (χ3n) is 1.99. The maximum atomic E-state index is 11.3. The van der Waals surface area contributed by atoms with Crippen molar-refractivity contribution in [3.8, 4) is 0 Å². The molecule has 1 aromatic rings. The number of carbonyl (C=O) groups is 1. The van der Waals surface area contributed by atoms with Gasteiger partial charge in [-0.15, -0.1) is 0 Å². The second kappa shape index (κ2) is 4.77. The molecule has 0 aromatic heterocycles. The molecule has 0 spiro atoms. The van der Waals surface area contributed by atoms with E-state index in [4.69, 9.17) is 5.21 Å². The number of hydrogen-bond donors (Lipinski definition) is 2. The smallest absolute Gasteiger partial charge is 0.274 e. The molecule has 0 radical (unpaired) electrons. The Balaban J connectivity index is 2.97. The summed E-state index contributed by atoms with van der Waals surface area (Å²) in [6, 6.07) is 7.30. The van der Waals surface area contributed by atoms with Gasteiger partial charge >= 0.3 is 0 Å². The lowest BCUT2D eigenvalue weighted by atomic mass is 9.98. The number of amides is 1. The van der Waals surface area contributed by atoms with E-state index in [1.54, 1.807) is 17.6 Å². The van der Waals surface area contributed by atoms with Gasteiger partial charge in [-0.2, -0.15) is 0 Å². The van der Waals surface area contributed by atoms with E-state index < -0.39 is 5.91 Å². The molecule has 1 amide bonds. The molecule has 0 saturated carbocycles. The summed E-state index contributed by atoms with van der Waals surface area (Å²) in [5.41, 5.74) is 3.17. The van der Waals surface area contributed by atoms with Crippen molar-refractivity contribution >= 4 is 5.91 Å². The van der Waals surface area contributed by atoms with E-state index in [1.165, 1.54) is 0 Å². The highest BCUT2D eigenvalue weighted by Gasteiger charge is 2.10. The van der Waals surface area contributed by atoms with Crippen LogP contribution in [0.4, 0.5) is 0 Å². The third kappa shape index (κ3) is 2.57. The van der Waals surface area contributed by atoms with Crippen LogP contribution in [0.3, 0.4) is 0 Å². The molecule has 0 aliphatic rings. The Hall–Kier alpha value is -1.35. The highest BCUT2D eigenvalue weighted by atomic mass is 16.5. The van der Waals surface area contributed by atoms with E-state index in [9.17, 15) is 4.79 Å². The highest BCUT2D eigenvalue weighted by molar-refractivity contribution is 5.94. The minimum absolute atomic E-state index is 0.443. The molecule has 0 aliphatic carbocycles. The van der Waals surface area contributed by atoms with Crippen molar-refractivity contribution in [1.82, 2.24) is 5.48 Å². The molecule has 1 aromatic carbocycles. The molecule has 3 heteroatoms. The zero-order valence-corrected chi connectivity index (χ0v) is 8.45. The fourth-order valence-corrected chi connectivity index (χ4v) is 1.42. The summed E-state index contributed by atoms with van der Waals surface area (Å²) in [6.45, 7) is 4.18. The molecule has 0 aliphatic heterocycles. The fourth-order valence-electron chi connectivity index (χ4n) is 1.42. The zero-order chi connectivity index (χ0) is 10.6. The SMILES string of the molecule is CC(C)Cc1ccccc1C(=O)NO. The Morgan fingerprint density at radius 1 is 1.43 bits per heavy atom. The van der Waals surface area contributed by atoms with Crippen LogP contribution in [0.25, 0.3) is 0 Å². The van der Waals surface area contributed by atoms with E-state index in [0.717, 1.165) is 12.0 Å². The van der Waals surface area contributed by atoms with Crippen LogP contribution in [0.15, 0.2) is 24.3 Å². The molecular formula is C11H15NO2. The molecule has 14 heavy (non-hydrogen) atoms. The Bertz CT molecular complexity index is 321. The largest absolute Gasteiger partial charge is 0.288 e. The summed E-state index contributed by atoms with van der Waals surface area (Å²) in [5, 5.41) is 8.55. The maximum absolute atomic E-state index is 11.3. The predicted octanol–water partition coefficient (Wildman–Crippen LogP) is 2.00. The van der Waals surface area contributed by atoms with E-state index in [0.29, 0.717) is 11.5 Å². The van der Waals surface area contributed by atoms with Gasteiger partial charge in [-0.05, 0) is 24.0 Å². The van der Waals surface area contributed by atoms with E-state index in [1.807, 2.05) is 12.1 Å². The van der Waals surface area contributed by atoms with Crippen LogP contribution in [0, 0.1) is 5.92 Å². The van der Waals surface area contributed by atoms with Gasteiger partial charge in [0.05, 0.1) is 0 Å².